The average Bonchev–Trinajstić information content (AvgIpc) is 2.57. The molecule has 0 spiro atoms. The Morgan fingerprint density at radius 2 is 2.12 bits per heavy atom. The van der Waals surface area contributed by atoms with Gasteiger partial charge in [-0.05, 0) is 40.9 Å². The van der Waals surface area contributed by atoms with Crippen LogP contribution < -0.4 is 0 Å². The van der Waals surface area contributed by atoms with Crippen LogP contribution in [0.25, 0.3) is 0 Å². The Bertz CT molecular complexity index is 501. The number of nitrogens with zero attached hydrogens (tertiary/aromatic N) is 1. The monoisotopic (exact) mass is 297 g/mol. The zero-order chi connectivity index (χ0) is 12.6. The Morgan fingerprint density at radius 1 is 1.41 bits per heavy atom. The molecular weight excluding hydrogens is 286 g/mol. The fourth-order valence-electron chi connectivity index (χ4n) is 2.20. The number of aryl methyl sites for hydroxylation is 1. The number of hydrogen-bond acceptors (Lipinski definition) is 4. The molecule has 0 aromatic carbocycles. The zero-order valence-electron chi connectivity index (χ0n) is 9.62. The first kappa shape index (κ1) is 12.2. The Labute approximate surface area is 108 Å². The number of hydrogen-bond donors (Lipinski definition) is 0. The van der Waals surface area contributed by atoms with Crippen LogP contribution in [0.5, 0.6) is 0 Å². The Hall–Kier alpha value is -1.23. The molecule has 1 atom stereocenters. The van der Waals surface area contributed by atoms with Crippen molar-refractivity contribution in [2.75, 3.05) is 0 Å². The summed E-state index contributed by atoms with van der Waals surface area (Å²) in [4.78, 5) is 27.3. The van der Waals surface area contributed by atoms with E-state index in [1.54, 1.807) is 0 Å². The third kappa shape index (κ3) is 1.99. The van der Waals surface area contributed by atoms with E-state index in [4.69, 9.17) is 4.74 Å². The molecule has 0 fully saturated rings. The molecule has 1 heterocycles. The fourth-order valence-corrected chi connectivity index (χ4v) is 2.51. The highest BCUT2D eigenvalue weighted by Gasteiger charge is 2.47. The summed E-state index contributed by atoms with van der Waals surface area (Å²) in [6.45, 7) is 2.74. The van der Waals surface area contributed by atoms with Crippen LogP contribution in [0.15, 0.2) is 16.7 Å². The molecule has 0 aliphatic heterocycles. The molecule has 0 saturated carbocycles. The van der Waals surface area contributed by atoms with Crippen molar-refractivity contribution in [3.8, 4) is 0 Å². The van der Waals surface area contributed by atoms with E-state index in [1.165, 1.54) is 13.8 Å². The van der Waals surface area contributed by atoms with Crippen LogP contribution in [0.3, 0.4) is 0 Å². The number of aromatic nitrogens is 1. The van der Waals surface area contributed by atoms with Crippen molar-refractivity contribution in [1.82, 2.24) is 4.98 Å². The SMILES string of the molecule is CC(=O)OC1(C(C)=O)CCc2ccc(Br)nc21. The van der Waals surface area contributed by atoms with E-state index in [0.29, 0.717) is 23.1 Å². The summed E-state index contributed by atoms with van der Waals surface area (Å²) in [6, 6.07) is 3.73. The Balaban J connectivity index is 2.55. The molecule has 0 bridgehead atoms. The highest BCUT2D eigenvalue weighted by atomic mass is 79.9. The van der Waals surface area contributed by atoms with Gasteiger partial charge in [-0.1, -0.05) is 6.07 Å². The first-order chi connectivity index (χ1) is 7.95. The number of carbonyl (C=O) groups excluding carboxylic acids is 2. The van der Waals surface area contributed by atoms with Crippen molar-refractivity contribution in [2.24, 2.45) is 0 Å². The lowest BCUT2D eigenvalue weighted by Crippen LogP contribution is -2.37. The van der Waals surface area contributed by atoms with Gasteiger partial charge in [0.05, 0.1) is 5.69 Å². The van der Waals surface area contributed by atoms with Crippen molar-refractivity contribution >= 4 is 27.7 Å². The number of Topliss-reactive ketones (excluding diaryl/α,β-unsaturated/α-hetero) is 1. The lowest BCUT2D eigenvalue weighted by atomic mass is 9.96. The molecule has 1 aromatic rings. The summed E-state index contributed by atoms with van der Waals surface area (Å²) in [6.07, 6.45) is 1.17. The van der Waals surface area contributed by atoms with E-state index in [2.05, 4.69) is 20.9 Å². The second-order valence-electron chi connectivity index (χ2n) is 4.12. The van der Waals surface area contributed by atoms with Gasteiger partial charge in [0.25, 0.3) is 0 Å². The molecule has 1 aromatic heterocycles. The van der Waals surface area contributed by atoms with Crippen LogP contribution in [0.1, 0.15) is 31.5 Å². The number of halogens is 1. The minimum Gasteiger partial charge on any atom is -0.445 e. The highest BCUT2D eigenvalue weighted by molar-refractivity contribution is 9.10. The molecule has 0 amide bonds. The van der Waals surface area contributed by atoms with Gasteiger partial charge < -0.3 is 4.74 Å². The number of rotatable bonds is 2. The summed E-state index contributed by atoms with van der Waals surface area (Å²) >= 11 is 3.27. The van der Waals surface area contributed by atoms with Crippen LogP contribution in [-0.2, 0) is 26.3 Å². The second-order valence-corrected chi connectivity index (χ2v) is 4.93. The third-order valence-corrected chi connectivity index (χ3v) is 3.40. The van der Waals surface area contributed by atoms with Gasteiger partial charge in [0.15, 0.2) is 5.78 Å². The van der Waals surface area contributed by atoms with Crippen LogP contribution in [0, 0.1) is 0 Å². The standard InChI is InChI=1S/C12H12BrNO3/c1-7(15)12(17-8(2)16)6-5-9-3-4-10(13)14-11(9)12/h3-4H,5-6H2,1-2H3. The van der Waals surface area contributed by atoms with E-state index in [9.17, 15) is 9.59 Å². The van der Waals surface area contributed by atoms with E-state index in [0.717, 1.165) is 5.56 Å². The second kappa shape index (κ2) is 4.22. The van der Waals surface area contributed by atoms with E-state index in [-0.39, 0.29) is 5.78 Å². The van der Waals surface area contributed by atoms with Crippen molar-refractivity contribution < 1.29 is 14.3 Å². The molecule has 90 valence electrons. The highest BCUT2D eigenvalue weighted by Crippen LogP contribution is 2.40. The van der Waals surface area contributed by atoms with Crippen LogP contribution in [0.4, 0.5) is 0 Å². The maximum atomic E-state index is 11.8. The maximum absolute atomic E-state index is 11.8. The number of ketones is 1. The molecule has 4 nitrogen and oxygen atoms in total. The molecule has 0 saturated heterocycles. The molecule has 2 rings (SSSR count). The van der Waals surface area contributed by atoms with Gasteiger partial charge >= 0.3 is 5.97 Å². The minimum atomic E-state index is -1.19. The fraction of sp³-hybridized carbons (Fsp3) is 0.417. The molecule has 1 unspecified atom stereocenters. The predicted molar refractivity (Wildman–Crippen MR) is 64.4 cm³/mol. The predicted octanol–water partition coefficient (Wildman–Crippen LogP) is 2.14. The van der Waals surface area contributed by atoms with Crippen LogP contribution in [0.2, 0.25) is 0 Å². The lowest BCUT2D eigenvalue weighted by Gasteiger charge is -2.25. The van der Waals surface area contributed by atoms with Gasteiger partial charge in [-0.15, -0.1) is 0 Å². The van der Waals surface area contributed by atoms with Crippen LogP contribution >= 0.6 is 15.9 Å². The Kier molecular flexibility index (Phi) is 3.03. The number of fused-ring (bicyclic) bond motifs is 1. The maximum Gasteiger partial charge on any atom is 0.304 e. The minimum absolute atomic E-state index is 0.183. The van der Waals surface area contributed by atoms with Gasteiger partial charge in [-0.3, -0.25) is 9.59 Å². The number of ether oxygens (including phenoxy) is 1. The quantitative estimate of drug-likeness (QED) is 0.620. The van der Waals surface area contributed by atoms with Gasteiger partial charge in [0.2, 0.25) is 5.60 Å². The van der Waals surface area contributed by atoms with Crippen molar-refractivity contribution in [2.45, 2.75) is 32.3 Å². The summed E-state index contributed by atoms with van der Waals surface area (Å²) in [5.41, 5.74) is 0.338. The molecule has 1 aliphatic rings. The molecule has 0 N–H and O–H groups in total. The van der Waals surface area contributed by atoms with Crippen molar-refractivity contribution in [3.63, 3.8) is 0 Å². The molecule has 5 heteroatoms. The molecule has 17 heavy (non-hydrogen) atoms. The largest absolute Gasteiger partial charge is 0.445 e. The Morgan fingerprint density at radius 3 is 2.71 bits per heavy atom. The van der Waals surface area contributed by atoms with Gasteiger partial charge in [-0.25, -0.2) is 4.98 Å². The molecule has 1 aliphatic carbocycles. The topological polar surface area (TPSA) is 56.3 Å². The third-order valence-electron chi connectivity index (χ3n) is 2.96. The van der Waals surface area contributed by atoms with Crippen LogP contribution in [-0.4, -0.2) is 16.7 Å². The average molecular weight is 298 g/mol. The number of esters is 1. The van der Waals surface area contributed by atoms with E-state index in [1.807, 2.05) is 12.1 Å². The number of carbonyl (C=O) groups is 2. The molecular formula is C12H12BrNO3. The van der Waals surface area contributed by atoms with Crippen molar-refractivity contribution in [1.29, 1.82) is 0 Å². The number of pyridine rings is 1. The lowest BCUT2D eigenvalue weighted by molar-refractivity contribution is -0.166. The summed E-state index contributed by atoms with van der Waals surface area (Å²) in [5.74, 6) is -0.646. The van der Waals surface area contributed by atoms with Crippen molar-refractivity contribution in [3.05, 3.63) is 28.0 Å². The van der Waals surface area contributed by atoms with E-state index < -0.39 is 11.6 Å². The summed E-state index contributed by atoms with van der Waals surface area (Å²) < 4.78 is 5.91. The summed E-state index contributed by atoms with van der Waals surface area (Å²) in [5, 5.41) is 0. The first-order valence-electron chi connectivity index (χ1n) is 5.32. The van der Waals surface area contributed by atoms with E-state index >= 15 is 0 Å². The zero-order valence-corrected chi connectivity index (χ0v) is 11.2. The first-order valence-corrected chi connectivity index (χ1v) is 6.11. The molecule has 0 radical (unpaired) electrons. The smallest absolute Gasteiger partial charge is 0.304 e. The van der Waals surface area contributed by atoms with Gasteiger partial charge in [-0.2, -0.15) is 0 Å². The summed E-state index contributed by atoms with van der Waals surface area (Å²) in [7, 11) is 0. The van der Waals surface area contributed by atoms with Gasteiger partial charge in [0, 0.05) is 13.3 Å². The normalized spacial score (nSPS) is 22.1. The van der Waals surface area contributed by atoms with Gasteiger partial charge in [0.1, 0.15) is 4.60 Å².